The summed E-state index contributed by atoms with van der Waals surface area (Å²) in [6, 6.07) is 15.6. The molecule has 0 bridgehead atoms. The molecule has 0 spiro atoms. The average molecular weight is 402 g/mol. The van der Waals surface area contributed by atoms with Gasteiger partial charge in [-0.1, -0.05) is 23.2 Å². The number of hydrogen-bond acceptors (Lipinski definition) is 4. The Labute approximate surface area is 167 Å². The maximum absolute atomic E-state index is 12.4. The molecule has 0 fully saturated rings. The summed E-state index contributed by atoms with van der Waals surface area (Å²) < 4.78 is 5.63. The first-order valence-electron chi connectivity index (χ1n) is 8.10. The lowest BCUT2D eigenvalue weighted by atomic mass is 10.2. The Balaban J connectivity index is 1.69. The third-order valence-corrected chi connectivity index (χ3v) is 4.27. The van der Waals surface area contributed by atoms with Crippen molar-refractivity contribution in [3.63, 3.8) is 0 Å². The molecule has 27 heavy (non-hydrogen) atoms. The van der Waals surface area contributed by atoms with E-state index in [1.165, 1.54) is 6.20 Å². The van der Waals surface area contributed by atoms with E-state index in [0.717, 1.165) is 5.69 Å². The van der Waals surface area contributed by atoms with Crippen LogP contribution in [0.5, 0.6) is 11.6 Å². The van der Waals surface area contributed by atoms with Crippen molar-refractivity contribution in [3.8, 4) is 11.6 Å². The van der Waals surface area contributed by atoms with Crippen LogP contribution in [0.1, 0.15) is 10.4 Å². The highest BCUT2D eigenvalue weighted by atomic mass is 35.5. The van der Waals surface area contributed by atoms with Gasteiger partial charge in [0, 0.05) is 43.3 Å². The smallest absolute Gasteiger partial charge is 0.255 e. The van der Waals surface area contributed by atoms with Gasteiger partial charge in [-0.15, -0.1) is 0 Å². The molecule has 138 valence electrons. The summed E-state index contributed by atoms with van der Waals surface area (Å²) in [5, 5.41) is 3.69. The molecule has 0 radical (unpaired) electrons. The van der Waals surface area contributed by atoms with E-state index in [1.807, 2.05) is 31.1 Å². The number of hydrogen-bond donors (Lipinski definition) is 1. The van der Waals surface area contributed by atoms with Crippen molar-refractivity contribution in [1.29, 1.82) is 0 Å². The fourth-order valence-electron chi connectivity index (χ4n) is 2.31. The second-order valence-electron chi connectivity index (χ2n) is 5.96. The standard InChI is InChI=1S/C20H17Cl2N3O2/c1-25(2)16-7-3-13(4-8-16)20(26)24-15-6-9-18(17(22)11-15)27-19-10-5-14(21)12-23-19/h3-12H,1-2H3,(H,24,26). The van der Waals surface area contributed by atoms with E-state index in [1.54, 1.807) is 42.5 Å². The highest BCUT2D eigenvalue weighted by molar-refractivity contribution is 6.32. The number of rotatable bonds is 5. The van der Waals surface area contributed by atoms with Crippen LogP contribution >= 0.6 is 23.2 Å². The molecular formula is C20H17Cl2N3O2. The molecule has 1 aromatic heterocycles. The van der Waals surface area contributed by atoms with E-state index >= 15 is 0 Å². The monoisotopic (exact) mass is 401 g/mol. The Morgan fingerprint density at radius 3 is 2.37 bits per heavy atom. The lowest BCUT2D eigenvalue weighted by Gasteiger charge is -2.13. The second kappa shape index (κ2) is 8.29. The number of anilines is 2. The molecule has 1 N–H and O–H groups in total. The van der Waals surface area contributed by atoms with Crippen LogP contribution in [0.15, 0.2) is 60.8 Å². The normalized spacial score (nSPS) is 10.4. The average Bonchev–Trinajstić information content (AvgIpc) is 2.65. The van der Waals surface area contributed by atoms with Gasteiger partial charge in [0.25, 0.3) is 5.91 Å². The third kappa shape index (κ3) is 4.90. The number of amides is 1. The molecule has 1 heterocycles. The Morgan fingerprint density at radius 2 is 1.78 bits per heavy atom. The molecule has 1 amide bonds. The quantitative estimate of drug-likeness (QED) is 0.613. The lowest BCUT2D eigenvalue weighted by molar-refractivity contribution is 0.102. The van der Waals surface area contributed by atoms with E-state index in [2.05, 4.69) is 10.3 Å². The van der Waals surface area contributed by atoms with Gasteiger partial charge in [0.15, 0.2) is 0 Å². The number of carbonyl (C=O) groups is 1. The molecule has 0 unspecified atom stereocenters. The maximum atomic E-state index is 12.4. The lowest BCUT2D eigenvalue weighted by Crippen LogP contribution is -2.13. The SMILES string of the molecule is CN(C)c1ccc(C(=O)Nc2ccc(Oc3ccc(Cl)cn3)c(Cl)c2)cc1. The molecule has 2 aromatic carbocycles. The summed E-state index contributed by atoms with van der Waals surface area (Å²) in [5.41, 5.74) is 2.15. The van der Waals surface area contributed by atoms with Crippen LogP contribution in [-0.2, 0) is 0 Å². The van der Waals surface area contributed by atoms with Crippen molar-refractivity contribution in [1.82, 2.24) is 4.98 Å². The van der Waals surface area contributed by atoms with Crippen molar-refractivity contribution < 1.29 is 9.53 Å². The zero-order valence-electron chi connectivity index (χ0n) is 14.7. The molecule has 0 saturated carbocycles. The van der Waals surface area contributed by atoms with E-state index < -0.39 is 0 Å². The number of aromatic nitrogens is 1. The Bertz CT molecular complexity index is 942. The van der Waals surface area contributed by atoms with Gasteiger partial charge in [-0.3, -0.25) is 4.79 Å². The van der Waals surface area contributed by atoms with Crippen LogP contribution in [0.25, 0.3) is 0 Å². The second-order valence-corrected chi connectivity index (χ2v) is 6.80. The minimum atomic E-state index is -0.218. The number of ether oxygens (including phenoxy) is 1. The molecule has 3 aromatic rings. The fourth-order valence-corrected chi connectivity index (χ4v) is 2.64. The number of benzene rings is 2. The minimum absolute atomic E-state index is 0.218. The summed E-state index contributed by atoms with van der Waals surface area (Å²) >= 11 is 12.1. The van der Waals surface area contributed by atoms with Crippen LogP contribution in [0.3, 0.4) is 0 Å². The first-order chi connectivity index (χ1) is 12.9. The minimum Gasteiger partial charge on any atom is -0.437 e. The summed E-state index contributed by atoms with van der Waals surface area (Å²) in [6.07, 6.45) is 1.49. The van der Waals surface area contributed by atoms with Gasteiger partial charge in [0.1, 0.15) is 5.75 Å². The van der Waals surface area contributed by atoms with Gasteiger partial charge in [-0.2, -0.15) is 0 Å². The van der Waals surface area contributed by atoms with Crippen molar-refractivity contribution in [2.75, 3.05) is 24.3 Å². The first-order valence-corrected chi connectivity index (χ1v) is 8.85. The van der Waals surface area contributed by atoms with Gasteiger partial charge < -0.3 is 15.0 Å². The topological polar surface area (TPSA) is 54.5 Å². The Kier molecular flexibility index (Phi) is 5.84. The van der Waals surface area contributed by atoms with Gasteiger partial charge in [-0.25, -0.2) is 4.98 Å². The van der Waals surface area contributed by atoms with E-state index in [-0.39, 0.29) is 5.91 Å². The third-order valence-electron chi connectivity index (χ3n) is 3.75. The van der Waals surface area contributed by atoms with Gasteiger partial charge >= 0.3 is 0 Å². The van der Waals surface area contributed by atoms with Crippen LogP contribution in [0, 0.1) is 0 Å². The highest BCUT2D eigenvalue weighted by Gasteiger charge is 2.10. The summed E-state index contributed by atoms with van der Waals surface area (Å²) in [4.78, 5) is 18.4. The van der Waals surface area contributed by atoms with Crippen molar-refractivity contribution in [2.45, 2.75) is 0 Å². The zero-order valence-corrected chi connectivity index (χ0v) is 16.3. The molecule has 0 aliphatic rings. The molecule has 7 heteroatoms. The Morgan fingerprint density at radius 1 is 1.04 bits per heavy atom. The van der Waals surface area contributed by atoms with Gasteiger partial charge in [0.2, 0.25) is 5.88 Å². The summed E-state index contributed by atoms with van der Waals surface area (Å²) in [5.74, 6) is 0.586. The van der Waals surface area contributed by atoms with E-state index in [9.17, 15) is 4.79 Å². The first kappa shape index (κ1) is 19.0. The number of nitrogens with zero attached hydrogens (tertiary/aromatic N) is 2. The zero-order chi connectivity index (χ0) is 19.4. The number of carbonyl (C=O) groups excluding carboxylic acids is 1. The largest absolute Gasteiger partial charge is 0.437 e. The highest BCUT2D eigenvalue weighted by Crippen LogP contribution is 2.31. The predicted molar refractivity (Wildman–Crippen MR) is 109 cm³/mol. The van der Waals surface area contributed by atoms with E-state index in [0.29, 0.717) is 32.9 Å². The summed E-state index contributed by atoms with van der Waals surface area (Å²) in [6.45, 7) is 0. The number of pyridine rings is 1. The van der Waals surface area contributed by atoms with Crippen molar-refractivity contribution in [3.05, 3.63) is 76.4 Å². The van der Waals surface area contributed by atoms with Crippen LogP contribution in [0.4, 0.5) is 11.4 Å². The predicted octanol–water partition coefficient (Wildman–Crippen LogP) is 5.50. The van der Waals surface area contributed by atoms with E-state index in [4.69, 9.17) is 27.9 Å². The number of nitrogens with one attached hydrogen (secondary N) is 1. The molecule has 0 aliphatic carbocycles. The fraction of sp³-hybridized carbons (Fsp3) is 0.100. The maximum Gasteiger partial charge on any atom is 0.255 e. The van der Waals surface area contributed by atoms with Crippen LogP contribution < -0.4 is 15.0 Å². The Hall–Kier alpha value is -2.76. The van der Waals surface area contributed by atoms with Crippen LogP contribution in [0.2, 0.25) is 10.0 Å². The molecular weight excluding hydrogens is 385 g/mol. The van der Waals surface area contributed by atoms with Crippen LogP contribution in [-0.4, -0.2) is 25.0 Å². The molecule has 0 aliphatic heterocycles. The molecule has 5 nitrogen and oxygen atoms in total. The summed E-state index contributed by atoms with van der Waals surface area (Å²) in [7, 11) is 3.89. The van der Waals surface area contributed by atoms with Crippen molar-refractivity contribution in [2.24, 2.45) is 0 Å². The number of halogens is 2. The van der Waals surface area contributed by atoms with Gasteiger partial charge in [0.05, 0.1) is 10.0 Å². The molecule has 3 rings (SSSR count). The van der Waals surface area contributed by atoms with Gasteiger partial charge in [-0.05, 0) is 48.5 Å². The molecule has 0 atom stereocenters. The molecule has 0 saturated heterocycles. The van der Waals surface area contributed by atoms with Crippen molar-refractivity contribution >= 4 is 40.5 Å².